The Kier molecular flexibility index (Phi) is 9.65. The summed E-state index contributed by atoms with van der Waals surface area (Å²) in [5.74, 6) is -1.85. The maximum atomic E-state index is 13.9. The summed E-state index contributed by atoms with van der Waals surface area (Å²) in [5.41, 5.74) is 5.01. The summed E-state index contributed by atoms with van der Waals surface area (Å²) < 4.78 is 68.8. The lowest BCUT2D eigenvalue weighted by atomic mass is 9.93. The third-order valence-corrected chi connectivity index (χ3v) is 8.86. The van der Waals surface area contributed by atoms with Gasteiger partial charge in [-0.2, -0.15) is 13.2 Å². The quantitative estimate of drug-likeness (QED) is 0.310. The first kappa shape index (κ1) is 32.6. The lowest BCUT2D eigenvalue weighted by Crippen LogP contribution is -2.61. The van der Waals surface area contributed by atoms with Gasteiger partial charge in [-0.15, -0.1) is 0 Å². The van der Waals surface area contributed by atoms with Crippen molar-refractivity contribution >= 4 is 50.7 Å². The highest BCUT2D eigenvalue weighted by Gasteiger charge is 2.42. The van der Waals surface area contributed by atoms with E-state index in [9.17, 15) is 31.2 Å². The number of likely N-dealkylation sites (tertiary alicyclic amines) is 1. The van der Waals surface area contributed by atoms with Gasteiger partial charge in [-0.05, 0) is 60.0 Å². The molecule has 1 heterocycles. The first-order valence-corrected chi connectivity index (χ1v) is 15.8. The number of nitrogens with one attached hydrogen (secondary N) is 1. The highest BCUT2D eigenvalue weighted by molar-refractivity contribution is 7.92. The minimum atomic E-state index is -4.89. The van der Waals surface area contributed by atoms with E-state index < -0.39 is 51.2 Å². The topological polar surface area (TPSA) is 113 Å². The smallest absolute Gasteiger partial charge is 0.368 e. The fraction of sp³-hybridized carbons (Fsp3) is 0.310. The molecule has 1 atom stereocenters. The molecule has 3 N–H and O–H groups in total. The largest absolute Gasteiger partial charge is 0.416 e. The fourth-order valence-corrected chi connectivity index (χ4v) is 6.49. The Morgan fingerprint density at radius 3 is 1.93 bits per heavy atom. The van der Waals surface area contributed by atoms with Crippen LogP contribution in [0.1, 0.15) is 46.4 Å². The van der Waals surface area contributed by atoms with Crippen LogP contribution in [0.2, 0.25) is 10.0 Å². The van der Waals surface area contributed by atoms with Crippen molar-refractivity contribution in [3.8, 4) is 0 Å². The van der Waals surface area contributed by atoms with E-state index in [1.807, 2.05) is 29.2 Å². The SMILES string of the molecule is CC[C@H](NC(=O)c1cc(N(C2CN(C(c3ccc(Cl)cc3)c3ccc(Cl)cc3)C2)S(C)(=O)=O)cc(C(F)(F)F)c1)C(N)=O. The lowest BCUT2D eigenvalue weighted by molar-refractivity contribution is -0.137. The van der Waals surface area contributed by atoms with Gasteiger partial charge >= 0.3 is 6.18 Å². The molecule has 0 saturated carbocycles. The van der Waals surface area contributed by atoms with Crippen molar-refractivity contribution in [1.29, 1.82) is 0 Å². The van der Waals surface area contributed by atoms with Crippen molar-refractivity contribution in [2.75, 3.05) is 23.7 Å². The van der Waals surface area contributed by atoms with E-state index >= 15 is 0 Å². The zero-order chi connectivity index (χ0) is 31.7. The minimum Gasteiger partial charge on any atom is -0.368 e. The summed E-state index contributed by atoms with van der Waals surface area (Å²) in [4.78, 5) is 26.5. The molecule has 1 aliphatic heterocycles. The maximum absolute atomic E-state index is 13.9. The Morgan fingerprint density at radius 2 is 1.51 bits per heavy atom. The lowest BCUT2D eigenvalue weighted by Gasteiger charge is -2.49. The molecule has 3 aromatic rings. The molecule has 43 heavy (non-hydrogen) atoms. The second kappa shape index (κ2) is 12.7. The zero-order valence-electron chi connectivity index (χ0n) is 23.1. The van der Waals surface area contributed by atoms with Gasteiger partial charge in [-0.3, -0.25) is 18.8 Å². The van der Waals surface area contributed by atoms with Crippen molar-refractivity contribution in [2.45, 2.75) is 37.6 Å². The molecule has 0 bridgehead atoms. The number of benzene rings is 3. The van der Waals surface area contributed by atoms with E-state index in [0.29, 0.717) is 22.2 Å². The van der Waals surface area contributed by atoms with Crippen LogP contribution in [0.3, 0.4) is 0 Å². The van der Waals surface area contributed by atoms with Crippen LogP contribution in [0.5, 0.6) is 0 Å². The number of hydrogen-bond acceptors (Lipinski definition) is 5. The summed E-state index contributed by atoms with van der Waals surface area (Å²) >= 11 is 12.2. The number of alkyl halides is 3. The molecule has 0 aliphatic carbocycles. The molecule has 230 valence electrons. The molecule has 3 aromatic carbocycles. The number of amides is 2. The zero-order valence-corrected chi connectivity index (χ0v) is 25.4. The summed E-state index contributed by atoms with van der Waals surface area (Å²) in [6.45, 7) is 1.91. The predicted molar refractivity (Wildman–Crippen MR) is 160 cm³/mol. The van der Waals surface area contributed by atoms with Crippen LogP contribution in [0, 0.1) is 0 Å². The van der Waals surface area contributed by atoms with Crippen molar-refractivity contribution in [3.05, 3.63) is 99.0 Å². The number of hydrogen-bond donors (Lipinski definition) is 2. The highest BCUT2D eigenvalue weighted by Crippen LogP contribution is 2.39. The number of carbonyl (C=O) groups excluding carboxylic acids is 2. The summed E-state index contributed by atoms with van der Waals surface area (Å²) in [6, 6.07) is 14.5. The minimum absolute atomic E-state index is 0.114. The first-order valence-electron chi connectivity index (χ1n) is 13.1. The molecular weight excluding hydrogens is 628 g/mol. The molecule has 1 saturated heterocycles. The van der Waals surface area contributed by atoms with Crippen LogP contribution in [0.25, 0.3) is 0 Å². The van der Waals surface area contributed by atoms with Crippen molar-refractivity contribution in [3.63, 3.8) is 0 Å². The van der Waals surface area contributed by atoms with Crippen molar-refractivity contribution < 1.29 is 31.2 Å². The van der Waals surface area contributed by atoms with Crippen LogP contribution in [-0.2, 0) is 21.0 Å². The summed E-state index contributed by atoms with van der Waals surface area (Å²) in [6.07, 6.45) is -3.88. The van der Waals surface area contributed by atoms with E-state index in [0.717, 1.165) is 27.8 Å². The summed E-state index contributed by atoms with van der Waals surface area (Å²) in [7, 11) is -4.11. The average Bonchev–Trinajstić information content (AvgIpc) is 2.90. The van der Waals surface area contributed by atoms with Gasteiger partial charge in [-0.25, -0.2) is 8.42 Å². The van der Waals surface area contributed by atoms with Gasteiger partial charge < -0.3 is 11.1 Å². The van der Waals surface area contributed by atoms with Crippen molar-refractivity contribution in [1.82, 2.24) is 10.2 Å². The molecule has 0 radical (unpaired) electrons. The van der Waals surface area contributed by atoms with Crippen LogP contribution < -0.4 is 15.4 Å². The predicted octanol–water partition coefficient (Wildman–Crippen LogP) is 5.25. The Morgan fingerprint density at radius 1 is 1.00 bits per heavy atom. The average molecular weight is 658 g/mol. The van der Waals surface area contributed by atoms with Gasteiger partial charge in [-0.1, -0.05) is 54.4 Å². The van der Waals surface area contributed by atoms with Crippen molar-refractivity contribution in [2.24, 2.45) is 5.73 Å². The Bertz CT molecular complexity index is 1550. The molecule has 0 unspecified atom stereocenters. The molecule has 0 spiro atoms. The van der Waals surface area contributed by atoms with Crippen LogP contribution in [0.4, 0.5) is 18.9 Å². The molecule has 2 amide bonds. The second-order valence-corrected chi connectivity index (χ2v) is 13.0. The number of primary amides is 1. The molecule has 8 nitrogen and oxygen atoms in total. The molecule has 4 rings (SSSR count). The maximum Gasteiger partial charge on any atom is 0.416 e. The number of carbonyl (C=O) groups is 2. The number of rotatable bonds is 10. The van der Waals surface area contributed by atoms with Crippen LogP contribution in [-0.4, -0.2) is 56.6 Å². The van der Waals surface area contributed by atoms with Gasteiger partial charge in [0.1, 0.15) is 6.04 Å². The number of nitrogens with zero attached hydrogens (tertiary/aromatic N) is 2. The highest BCUT2D eigenvalue weighted by atomic mass is 35.5. The fourth-order valence-electron chi connectivity index (χ4n) is 5.07. The monoisotopic (exact) mass is 656 g/mol. The molecule has 1 aliphatic rings. The summed E-state index contributed by atoms with van der Waals surface area (Å²) in [5, 5.41) is 3.39. The number of anilines is 1. The number of halogens is 5. The Labute approximate surface area is 257 Å². The van der Waals surface area contributed by atoms with Gasteiger partial charge in [0.2, 0.25) is 15.9 Å². The van der Waals surface area contributed by atoms with E-state index in [1.54, 1.807) is 31.2 Å². The number of sulfonamides is 1. The molecule has 0 aromatic heterocycles. The standard InChI is InChI=1S/C29H29Cl2F3N4O4S/c1-3-25(27(35)39)36-28(40)19-12-20(29(32,33)34)14-23(13-19)38(43(2,41)42)24-15-37(16-24)26(17-4-8-21(30)9-5-17)18-6-10-22(31)11-7-18/h4-14,24-26H,3,15-16H2,1-2H3,(H2,35,39)(H,36,40)/t25-/m0/s1. The van der Waals surface area contributed by atoms with E-state index in [4.69, 9.17) is 28.9 Å². The third kappa shape index (κ3) is 7.61. The first-order chi connectivity index (χ1) is 20.1. The van der Waals surface area contributed by atoms with Crippen LogP contribution >= 0.6 is 23.2 Å². The van der Waals surface area contributed by atoms with Gasteiger partial charge in [0.25, 0.3) is 5.91 Å². The van der Waals surface area contributed by atoms with E-state index in [-0.39, 0.29) is 31.2 Å². The Hall–Kier alpha value is -3.32. The van der Waals surface area contributed by atoms with Crippen LogP contribution in [0.15, 0.2) is 66.7 Å². The molecule has 1 fully saturated rings. The van der Waals surface area contributed by atoms with Gasteiger partial charge in [0.15, 0.2) is 0 Å². The van der Waals surface area contributed by atoms with Gasteiger partial charge in [0.05, 0.1) is 29.6 Å². The molecule has 14 heteroatoms. The third-order valence-electron chi connectivity index (χ3n) is 7.13. The van der Waals surface area contributed by atoms with Gasteiger partial charge in [0, 0.05) is 28.7 Å². The van der Waals surface area contributed by atoms with E-state index in [2.05, 4.69) is 5.32 Å². The second-order valence-electron chi connectivity index (χ2n) is 10.3. The normalized spacial score (nSPS) is 15.2. The Balaban J connectivity index is 1.70. The number of nitrogens with two attached hydrogens (primary N) is 1. The van der Waals surface area contributed by atoms with E-state index in [1.165, 1.54) is 0 Å². The molecular formula is C29H29Cl2F3N4O4S.